The van der Waals surface area contributed by atoms with Gasteiger partial charge < -0.3 is 9.84 Å². The van der Waals surface area contributed by atoms with E-state index in [0.717, 1.165) is 18.4 Å². The Morgan fingerprint density at radius 3 is 2.60 bits per heavy atom. The first kappa shape index (κ1) is 14.3. The molecular weight excluding hydrogens is 262 g/mol. The SMILES string of the molecule is O=C(NOC(CC1CC1)C(=O)O)OCc1ccccc1. The molecular formula is C14H17NO5. The summed E-state index contributed by atoms with van der Waals surface area (Å²) in [6, 6.07) is 9.18. The summed E-state index contributed by atoms with van der Waals surface area (Å²) in [5.74, 6) is -0.696. The van der Waals surface area contributed by atoms with Gasteiger partial charge in [-0.2, -0.15) is 5.48 Å². The highest BCUT2D eigenvalue weighted by Crippen LogP contribution is 2.34. The van der Waals surface area contributed by atoms with Crippen LogP contribution >= 0.6 is 0 Å². The number of nitrogens with one attached hydrogen (secondary N) is 1. The molecule has 1 aliphatic rings. The van der Waals surface area contributed by atoms with Crippen LogP contribution in [0.2, 0.25) is 0 Å². The standard InChI is InChI=1S/C14H17NO5/c16-13(17)12(8-10-6-7-10)20-15-14(18)19-9-11-4-2-1-3-5-11/h1-5,10,12H,6-9H2,(H,15,18)(H,16,17). The molecule has 0 spiro atoms. The van der Waals surface area contributed by atoms with Crippen LogP contribution in [0.1, 0.15) is 24.8 Å². The van der Waals surface area contributed by atoms with E-state index in [0.29, 0.717) is 12.3 Å². The van der Waals surface area contributed by atoms with Gasteiger partial charge in [0, 0.05) is 0 Å². The van der Waals surface area contributed by atoms with Crippen molar-refractivity contribution in [1.29, 1.82) is 0 Å². The lowest BCUT2D eigenvalue weighted by atomic mass is 10.2. The predicted octanol–water partition coefficient (Wildman–Crippen LogP) is 2.10. The van der Waals surface area contributed by atoms with Crippen LogP contribution in [0.15, 0.2) is 30.3 Å². The normalized spacial score (nSPS) is 15.4. The zero-order chi connectivity index (χ0) is 14.4. The Balaban J connectivity index is 1.69. The quantitative estimate of drug-likeness (QED) is 0.747. The predicted molar refractivity (Wildman–Crippen MR) is 69.6 cm³/mol. The van der Waals surface area contributed by atoms with Gasteiger partial charge in [0.2, 0.25) is 0 Å². The van der Waals surface area contributed by atoms with Crippen molar-refractivity contribution in [3.8, 4) is 0 Å². The molecule has 1 fully saturated rings. The molecule has 1 atom stereocenters. The lowest BCUT2D eigenvalue weighted by Crippen LogP contribution is -2.35. The number of aliphatic carboxylic acids is 1. The highest BCUT2D eigenvalue weighted by Gasteiger charge is 2.30. The minimum atomic E-state index is -1.08. The Bertz CT molecular complexity index is 458. The highest BCUT2D eigenvalue weighted by atomic mass is 16.7. The van der Waals surface area contributed by atoms with Crippen LogP contribution < -0.4 is 5.48 Å². The van der Waals surface area contributed by atoms with Gasteiger partial charge in [-0.05, 0) is 17.9 Å². The maximum Gasteiger partial charge on any atom is 0.431 e. The molecule has 0 radical (unpaired) electrons. The van der Waals surface area contributed by atoms with Gasteiger partial charge in [-0.3, -0.25) is 4.84 Å². The molecule has 0 aromatic heterocycles. The number of hydroxylamine groups is 1. The number of amides is 1. The van der Waals surface area contributed by atoms with Gasteiger partial charge in [-0.15, -0.1) is 0 Å². The first-order chi connectivity index (χ1) is 9.65. The number of carbonyl (C=O) groups is 2. The van der Waals surface area contributed by atoms with E-state index in [1.54, 1.807) is 0 Å². The van der Waals surface area contributed by atoms with E-state index in [9.17, 15) is 9.59 Å². The number of carboxylic acids is 1. The summed E-state index contributed by atoms with van der Waals surface area (Å²) in [5.41, 5.74) is 2.87. The summed E-state index contributed by atoms with van der Waals surface area (Å²) in [6.45, 7) is 0.108. The smallest absolute Gasteiger partial charge is 0.431 e. The molecule has 6 nitrogen and oxygen atoms in total. The lowest BCUT2D eigenvalue weighted by Gasteiger charge is -2.13. The maximum atomic E-state index is 11.4. The van der Waals surface area contributed by atoms with E-state index in [2.05, 4.69) is 0 Å². The highest BCUT2D eigenvalue weighted by molar-refractivity contribution is 5.73. The number of hydrogen-bond donors (Lipinski definition) is 2. The molecule has 0 bridgehead atoms. The van der Waals surface area contributed by atoms with E-state index < -0.39 is 18.2 Å². The van der Waals surface area contributed by atoms with Gasteiger partial charge in [-0.25, -0.2) is 9.59 Å². The van der Waals surface area contributed by atoms with Crippen molar-refractivity contribution in [3.05, 3.63) is 35.9 Å². The fourth-order valence-corrected chi connectivity index (χ4v) is 1.73. The minimum absolute atomic E-state index is 0.108. The third-order valence-corrected chi connectivity index (χ3v) is 3.02. The molecule has 6 heteroatoms. The topological polar surface area (TPSA) is 84.9 Å². The Kier molecular flexibility index (Phi) is 4.95. The maximum absolute atomic E-state index is 11.4. The third kappa shape index (κ3) is 4.89. The van der Waals surface area contributed by atoms with E-state index in [4.69, 9.17) is 14.7 Å². The van der Waals surface area contributed by atoms with Crippen molar-refractivity contribution in [2.24, 2.45) is 5.92 Å². The monoisotopic (exact) mass is 279 g/mol. The van der Waals surface area contributed by atoms with Gasteiger partial charge in [0.05, 0.1) is 0 Å². The number of hydrogen-bond acceptors (Lipinski definition) is 4. The van der Waals surface area contributed by atoms with Crippen LogP contribution in [-0.4, -0.2) is 23.3 Å². The Hall–Kier alpha value is -2.08. The molecule has 2 N–H and O–H groups in total. The summed E-state index contributed by atoms with van der Waals surface area (Å²) in [6.07, 6.45) is 0.633. The Labute approximate surface area is 116 Å². The van der Waals surface area contributed by atoms with E-state index in [1.165, 1.54) is 0 Å². The Morgan fingerprint density at radius 1 is 1.30 bits per heavy atom. The molecule has 20 heavy (non-hydrogen) atoms. The fraction of sp³-hybridized carbons (Fsp3) is 0.429. The minimum Gasteiger partial charge on any atom is -0.479 e. The second-order valence-corrected chi connectivity index (χ2v) is 4.79. The fourth-order valence-electron chi connectivity index (χ4n) is 1.73. The number of rotatable bonds is 7. The number of benzene rings is 1. The second kappa shape index (κ2) is 6.91. The third-order valence-electron chi connectivity index (χ3n) is 3.02. The van der Waals surface area contributed by atoms with Crippen LogP contribution in [0.3, 0.4) is 0 Å². The largest absolute Gasteiger partial charge is 0.479 e. The summed E-state index contributed by atoms with van der Waals surface area (Å²) < 4.78 is 4.91. The van der Waals surface area contributed by atoms with Crippen molar-refractivity contribution in [1.82, 2.24) is 5.48 Å². The molecule has 1 aromatic rings. The summed E-state index contributed by atoms with van der Waals surface area (Å²) in [5, 5.41) is 8.95. The molecule has 1 unspecified atom stereocenters. The molecule has 1 amide bonds. The van der Waals surface area contributed by atoms with E-state index in [1.807, 2.05) is 35.8 Å². The summed E-state index contributed by atoms with van der Waals surface area (Å²) in [4.78, 5) is 27.2. The van der Waals surface area contributed by atoms with Crippen LogP contribution in [0.25, 0.3) is 0 Å². The summed E-state index contributed by atoms with van der Waals surface area (Å²) in [7, 11) is 0. The number of ether oxygens (including phenoxy) is 1. The van der Waals surface area contributed by atoms with Gasteiger partial charge in [0.1, 0.15) is 6.61 Å². The van der Waals surface area contributed by atoms with E-state index in [-0.39, 0.29) is 6.61 Å². The van der Waals surface area contributed by atoms with Crippen molar-refractivity contribution < 1.29 is 24.3 Å². The lowest BCUT2D eigenvalue weighted by molar-refractivity contribution is -0.155. The number of carbonyl (C=O) groups excluding carboxylic acids is 1. The zero-order valence-corrected chi connectivity index (χ0v) is 11.0. The first-order valence-corrected chi connectivity index (χ1v) is 6.50. The average Bonchev–Trinajstić information content (AvgIpc) is 3.26. The van der Waals surface area contributed by atoms with Crippen LogP contribution in [-0.2, 0) is 21.0 Å². The first-order valence-electron chi connectivity index (χ1n) is 6.50. The molecule has 0 aliphatic heterocycles. The zero-order valence-electron chi connectivity index (χ0n) is 11.0. The average molecular weight is 279 g/mol. The molecule has 1 saturated carbocycles. The molecule has 0 saturated heterocycles. The van der Waals surface area contributed by atoms with Crippen molar-refractivity contribution in [3.63, 3.8) is 0 Å². The second-order valence-electron chi connectivity index (χ2n) is 4.79. The Morgan fingerprint density at radius 2 is 2.00 bits per heavy atom. The summed E-state index contributed by atoms with van der Waals surface area (Å²) >= 11 is 0. The molecule has 0 heterocycles. The van der Waals surface area contributed by atoms with Gasteiger partial charge in [0.15, 0.2) is 6.10 Å². The van der Waals surface area contributed by atoms with Crippen molar-refractivity contribution in [2.45, 2.75) is 32.0 Å². The van der Waals surface area contributed by atoms with Gasteiger partial charge in [0.25, 0.3) is 0 Å². The van der Waals surface area contributed by atoms with Crippen LogP contribution in [0, 0.1) is 5.92 Å². The van der Waals surface area contributed by atoms with Crippen LogP contribution in [0.5, 0.6) is 0 Å². The number of carboxylic acid groups (broad SMARTS) is 1. The molecule has 1 aliphatic carbocycles. The molecule has 2 rings (SSSR count). The van der Waals surface area contributed by atoms with Gasteiger partial charge in [-0.1, -0.05) is 43.2 Å². The van der Waals surface area contributed by atoms with Gasteiger partial charge >= 0.3 is 12.1 Å². The van der Waals surface area contributed by atoms with Crippen molar-refractivity contribution >= 4 is 12.1 Å². The molecule has 108 valence electrons. The van der Waals surface area contributed by atoms with Crippen molar-refractivity contribution in [2.75, 3.05) is 0 Å². The van der Waals surface area contributed by atoms with Crippen LogP contribution in [0.4, 0.5) is 4.79 Å². The molecule has 1 aromatic carbocycles. The van der Waals surface area contributed by atoms with E-state index >= 15 is 0 Å².